The second kappa shape index (κ2) is 3.63. The Morgan fingerprint density at radius 3 is 2.78 bits per heavy atom. The largest absolute Gasteiger partial charge is 0.358 e. The van der Waals surface area contributed by atoms with Gasteiger partial charge < -0.3 is 4.98 Å². The van der Waals surface area contributed by atoms with Gasteiger partial charge in [0.1, 0.15) is 0 Å². The molecule has 1 N–H and O–H groups in total. The maximum atomic E-state index is 3.74. The molecule has 1 fully saturated rings. The lowest BCUT2D eigenvalue weighted by molar-refractivity contribution is 0.104. The number of aromatic nitrogens is 1. The number of benzene rings is 1. The highest BCUT2D eigenvalue weighted by molar-refractivity contribution is 5.85. The molecule has 4 rings (SSSR count). The Hall–Kier alpha value is -1.24. The molecule has 1 aromatic carbocycles. The third-order valence-electron chi connectivity index (χ3n) is 5.45. The van der Waals surface area contributed by atoms with E-state index in [1.54, 1.807) is 11.3 Å². The van der Waals surface area contributed by atoms with Crippen LogP contribution < -0.4 is 0 Å². The molecular formula is C17H21N. The van der Waals surface area contributed by atoms with Gasteiger partial charge in [0.05, 0.1) is 0 Å². The Labute approximate surface area is 109 Å². The molecule has 0 amide bonds. The highest BCUT2D eigenvalue weighted by atomic mass is 14.8. The van der Waals surface area contributed by atoms with Crippen LogP contribution in [0.5, 0.6) is 0 Å². The van der Waals surface area contributed by atoms with Crippen molar-refractivity contribution in [1.29, 1.82) is 0 Å². The van der Waals surface area contributed by atoms with E-state index in [4.69, 9.17) is 0 Å². The zero-order chi connectivity index (χ0) is 12.2. The maximum absolute atomic E-state index is 3.74. The van der Waals surface area contributed by atoms with E-state index >= 15 is 0 Å². The fourth-order valence-corrected chi connectivity index (χ4v) is 4.19. The van der Waals surface area contributed by atoms with Gasteiger partial charge in [0.25, 0.3) is 0 Å². The van der Waals surface area contributed by atoms with Crippen molar-refractivity contribution >= 4 is 10.9 Å². The summed E-state index contributed by atoms with van der Waals surface area (Å²) in [5.41, 5.74) is 5.12. The summed E-state index contributed by atoms with van der Waals surface area (Å²) < 4.78 is 0. The van der Waals surface area contributed by atoms with E-state index in [-0.39, 0.29) is 0 Å². The van der Waals surface area contributed by atoms with Gasteiger partial charge in [-0.25, -0.2) is 0 Å². The van der Waals surface area contributed by atoms with E-state index in [0.29, 0.717) is 5.41 Å². The first kappa shape index (κ1) is 10.7. The Morgan fingerprint density at radius 1 is 1.17 bits per heavy atom. The van der Waals surface area contributed by atoms with Gasteiger partial charge in [-0.2, -0.15) is 0 Å². The number of nitrogens with one attached hydrogen (secondary N) is 1. The highest BCUT2D eigenvalue weighted by Gasteiger charge is 2.42. The van der Waals surface area contributed by atoms with Crippen LogP contribution in [0, 0.1) is 5.41 Å². The minimum Gasteiger partial charge on any atom is -0.358 e. The number of H-pyrrole nitrogens is 1. The number of para-hydroxylation sites is 1. The van der Waals surface area contributed by atoms with E-state index in [1.165, 1.54) is 49.4 Å². The smallest absolute Gasteiger partial charge is 0.0459 e. The van der Waals surface area contributed by atoms with Gasteiger partial charge in [0, 0.05) is 22.5 Å². The van der Waals surface area contributed by atoms with Crippen molar-refractivity contribution in [3.63, 3.8) is 0 Å². The molecule has 0 bridgehead atoms. The molecule has 0 saturated heterocycles. The van der Waals surface area contributed by atoms with Crippen molar-refractivity contribution in [2.45, 2.75) is 51.4 Å². The van der Waals surface area contributed by atoms with Crippen LogP contribution in [0.3, 0.4) is 0 Å². The predicted molar refractivity (Wildman–Crippen MR) is 75.9 cm³/mol. The van der Waals surface area contributed by atoms with E-state index in [1.807, 2.05) is 0 Å². The van der Waals surface area contributed by atoms with Gasteiger partial charge in [-0.3, -0.25) is 0 Å². The lowest BCUT2D eigenvalue weighted by atomic mass is 9.59. The average molecular weight is 239 g/mol. The van der Waals surface area contributed by atoms with Gasteiger partial charge in [-0.1, -0.05) is 31.5 Å². The minimum atomic E-state index is 0.579. The molecular weight excluding hydrogens is 218 g/mol. The molecule has 1 atom stereocenters. The van der Waals surface area contributed by atoms with Crippen molar-refractivity contribution < 1.29 is 0 Å². The summed E-state index contributed by atoms with van der Waals surface area (Å²) in [6.45, 7) is 2.50. The maximum Gasteiger partial charge on any atom is 0.0459 e. The molecule has 1 nitrogen and oxygen atoms in total. The van der Waals surface area contributed by atoms with Crippen LogP contribution in [-0.2, 0) is 6.42 Å². The van der Waals surface area contributed by atoms with E-state index in [2.05, 4.69) is 36.2 Å². The lowest BCUT2D eigenvalue weighted by Crippen LogP contribution is -2.34. The predicted octanol–water partition coefficient (Wildman–Crippen LogP) is 4.78. The number of rotatable bonds is 1. The third-order valence-corrected chi connectivity index (χ3v) is 5.45. The van der Waals surface area contributed by atoms with Gasteiger partial charge in [-0.15, -0.1) is 0 Å². The SMILES string of the molecule is CC1(C2CCCc3c2[nH]c2ccccc32)CCC1. The van der Waals surface area contributed by atoms with Gasteiger partial charge >= 0.3 is 0 Å². The molecule has 2 aliphatic rings. The fraction of sp³-hybridized carbons (Fsp3) is 0.529. The number of fused-ring (bicyclic) bond motifs is 3. The molecule has 0 radical (unpaired) electrons. The number of hydrogen-bond acceptors (Lipinski definition) is 0. The number of aryl methyl sites for hydroxylation is 1. The monoisotopic (exact) mass is 239 g/mol. The quantitative estimate of drug-likeness (QED) is 0.737. The first-order chi connectivity index (χ1) is 8.78. The molecule has 94 valence electrons. The van der Waals surface area contributed by atoms with Gasteiger partial charge in [-0.05, 0) is 49.1 Å². The minimum absolute atomic E-state index is 0.579. The molecule has 1 aromatic heterocycles. The van der Waals surface area contributed by atoms with Crippen molar-refractivity contribution in [2.24, 2.45) is 5.41 Å². The van der Waals surface area contributed by atoms with Crippen LogP contribution in [0.25, 0.3) is 10.9 Å². The van der Waals surface area contributed by atoms with Crippen molar-refractivity contribution in [3.05, 3.63) is 35.5 Å². The number of hydrogen-bond donors (Lipinski definition) is 1. The second-order valence-electron chi connectivity index (χ2n) is 6.52. The number of aromatic amines is 1. The standard InChI is InChI=1S/C17H21N/c1-17(10-5-11-17)14-8-4-7-13-12-6-2-3-9-15(12)18-16(13)14/h2-3,6,9,14,18H,4-5,7-8,10-11H2,1H3. The van der Waals surface area contributed by atoms with E-state index in [0.717, 1.165) is 5.92 Å². The molecule has 1 saturated carbocycles. The Kier molecular flexibility index (Phi) is 2.15. The summed E-state index contributed by atoms with van der Waals surface area (Å²) in [5.74, 6) is 0.780. The van der Waals surface area contributed by atoms with Crippen molar-refractivity contribution in [3.8, 4) is 0 Å². The molecule has 0 aliphatic heterocycles. The Balaban J connectivity index is 1.88. The Morgan fingerprint density at radius 2 is 2.00 bits per heavy atom. The molecule has 18 heavy (non-hydrogen) atoms. The first-order valence-corrected chi connectivity index (χ1v) is 7.37. The summed E-state index contributed by atoms with van der Waals surface area (Å²) in [4.78, 5) is 3.74. The summed E-state index contributed by atoms with van der Waals surface area (Å²) in [6.07, 6.45) is 8.30. The highest BCUT2D eigenvalue weighted by Crippen LogP contribution is 2.55. The summed E-state index contributed by atoms with van der Waals surface area (Å²) in [7, 11) is 0. The molecule has 2 aliphatic carbocycles. The van der Waals surface area contributed by atoms with Crippen molar-refractivity contribution in [1.82, 2.24) is 4.98 Å². The first-order valence-electron chi connectivity index (χ1n) is 7.37. The van der Waals surface area contributed by atoms with E-state index < -0.39 is 0 Å². The molecule has 1 heteroatoms. The van der Waals surface area contributed by atoms with Crippen LogP contribution in [0.4, 0.5) is 0 Å². The fourth-order valence-electron chi connectivity index (χ4n) is 4.19. The van der Waals surface area contributed by atoms with Gasteiger partial charge in [0.2, 0.25) is 0 Å². The normalized spacial score (nSPS) is 25.7. The zero-order valence-electron chi connectivity index (χ0n) is 11.1. The molecule has 2 aromatic rings. The van der Waals surface area contributed by atoms with Crippen LogP contribution in [0.1, 0.15) is 56.2 Å². The van der Waals surface area contributed by atoms with Crippen LogP contribution in [0.2, 0.25) is 0 Å². The summed E-state index contributed by atoms with van der Waals surface area (Å²) in [5, 5.41) is 1.47. The second-order valence-corrected chi connectivity index (χ2v) is 6.52. The Bertz CT molecular complexity index is 589. The molecule has 0 spiro atoms. The van der Waals surface area contributed by atoms with Gasteiger partial charge in [0.15, 0.2) is 0 Å². The molecule has 1 heterocycles. The van der Waals surface area contributed by atoms with Crippen LogP contribution in [-0.4, -0.2) is 4.98 Å². The topological polar surface area (TPSA) is 15.8 Å². The van der Waals surface area contributed by atoms with Crippen molar-refractivity contribution in [2.75, 3.05) is 0 Å². The lowest BCUT2D eigenvalue weighted by Gasteiger charge is -2.46. The zero-order valence-corrected chi connectivity index (χ0v) is 11.1. The van der Waals surface area contributed by atoms with E-state index in [9.17, 15) is 0 Å². The summed E-state index contributed by atoms with van der Waals surface area (Å²) >= 11 is 0. The average Bonchev–Trinajstić information content (AvgIpc) is 2.74. The third kappa shape index (κ3) is 1.33. The molecule has 1 unspecified atom stereocenters. The van der Waals surface area contributed by atoms with Crippen LogP contribution in [0.15, 0.2) is 24.3 Å². The summed E-state index contributed by atoms with van der Waals surface area (Å²) in [6, 6.07) is 8.83. The van der Waals surface area contributed by atoms with Crippen LogP contribution >= 0.6 is 0 Å².